The molecule has 2 aliphatic carbocycles. The highest BCUT2D eigenvalue weighted by atomic mass is 32.2. The van der Waals surface area contributed by atoms with Crippen LogP contribution in [0.15, 0.2) is 92.5 Å². The minimum absolute atomic E-state index is 0.170. The number of carbonyl (C=O) groups excluding carboxylic acids is 1. The topological polar surface area (TPSA) is 53.8 Å². The zero-order chi connectivity index (χ0) is 24.8. The van der Waals surface area contributed by atoms with Crippen LogP contribution >= 0.6 is 23.1 Å². The third-order valence-corrected chi connectivity index (χ3v) is 9.47. The predicted octanol–water partition coefficient (Wildman–Crippen LogP) is 6.12. The molecule has 3 aromatic rings. The van der Waals surface area contributed by atoms with Crippen molar-refractivity contribution in [2.75, 3.05) is 13.1 Å². The van der Waals surface area contributed by atoms with Gasteiger partial charge in [-0.2, -0.15) is 0 Å². The lowest BCUT2D eigenvalue weighted by Crippen LogP contribution is -2.24. The van der Waals surface area contributed by atoms with Crippen LogP contribution in [0.5, 0.6) is 0 Å². The van der Waals surface area contributed by atoms with Crippen LogP contribution in [0.25, 0.3) is 17.7 Å². The molecule has 3 heterocycles. The normalized spacial score (nSPS) is 20.5. The van der Waals surface area contributed by atoms with Gasteiger partial charge in [-0.1, -0.05) is 84.1 Å². The summed E-state index contributed by atoms with van der Waals surface area (Å²) in [5.74, 6) is 0.386. The first kappa shape index (κ1) is 22.8. The average Bonchev–Trinajstić information content (AvgIpc) is 3.45. The molecule has 182 valence electrons. The lowest BCUT2D eigenvalue weighted by Gasteiger charge is -2.21. The first-order valence-corrected chi connectivity index (χ1v) is 14.3. The largest absolute Gasteiger partial charge is 0.316 e. The number of ketones is 1. The Balaban J connectivity index is 1.25. The lowest BCUT2D eigenvalue weighted by molar-refractivity contribution is 0.0997. The Labute approximate surface area is 223 Å². The summed E-state index contributed by atoms with van der Waals surface area (Å²) >= 11 is 3.14. The summed E-state index contributed by atoms with van der Waals surface area (Å²) in [4.78, 5) is 15.4. The molecule has 37 heavy (non-hydrogen) atoms. The number of benzene rings is 2. The molecule has 1 atom stereocenters. The average molecular weight is 520 g/mol. The van der Waals surface area contributed by atoms with E-state index in [0.717, 1.165) is 52.0 Å². The lowest BCUT2D eigenvalue weighted by atomic mass is 9.88. The molecule has 2 aliphatic heterocycles. The molecule has 0 bridgehead atoms. The maximum Gasteiger partial charge on any atom is 0.177 e. The Morgan fingerprint density at radius 3 is 2.57 bits per heavy atom. The minimum Gasteiger partial charge on any atom is -0.316 e. The third kappa shape index (κ3) is 4.29. The number of hydrogen-bond donors (Lipinski definition) is 1. The van der Waals surface area contributed by atoms with Gasteiger partial charge in [0.05, 0.1) is 4.88 Å². The molecule has 1 aromatic heterocycles. The van der Waals surface area contributed by atoms with E-state index in [1.54, 1.807) is 11.8 Å². The Kier molecular flexibility index (Phi) is 5.88. The van der Waals surface area contributed by atoms with Gasteiger partial charge in [-0.05, 0) is 65.2 Å². The van der Waals surface area contributed by atoms with Crippen LogP contribution in [0, 0.1) is 5.92 Å². The molecule has 0 saturated carbocycles. The van der Waals surface area contributed by atoms with E-state index < -0.39 is 0 Å². The number of carbonyl (C=O) groups is 1. The second kappa shape index (κ2) is 9.53. The molecule has 2 aromatic carbocycles. The third-order valence-electron chi connectivity index (χ3n) is 7.34. The standard InChI is InChI=1S/C31H25N3OS2/c35-26-16-22-7-3-4-8-24(22)30(20-11-13-32-14-12-20)25-18-29(37-31(25)26)34-33-28-17-23-15-21-6-2-1-5-19(21)9-10-27(23)36-28/h1-10,15,17-18,23,32H,11-14,16H2. The van der Waals surface area contributed by atoms with E-state index in [1.807, 2.05) is 6.07 Å². The van der Waals surface area contributed by atoms with E-state index in [0.29, 0.717) is 6.42 Å². The summed E-state index contributed by atoms with van der Waals surface area (Å²) in [7, 11) is 0. The van der Waals surface area contributed by atoms with Crippen molar-refractivity contribution in [3.63, 3.8) is 0 Å². The molecule has 6 heteroatoms. The van der Waals surface area contributed by atoms with E-state index in [4.69, 9.17) is 0 Å². The monoisotopic (exact) mass is 519 g/mol. The highest BCUT2D eigenvalue weighted by Gasteiger charge is 2.29. The second-order valence-corrected chi connectivity index (χ2v) is 11.8. The van der Waals surface area contributed by atoms with E-state index in [1.165, 1.54) is 43.4 Å². The summed E-state index contributed by atoms with van der Waals surface area (Å²) in [5.41, 5.74) is 6.01. The molecular weight excluding hydrogens is 494 g/mol. The fourth-order valence-electron chi connectivity index (χ4n) is 5.56. The van der Waals surface area contributed by atoms with Crippen molar-refractivity contribution >= 4 is 51.6 Å². The molecule has 1 unspecified atom stereocenters. The molecule has 1 N–H and O–H groups in total. The van der Waals surface area contributed by atoms with Crippen molar-refractivity contribution in [2.45, 2.75) is 19.3 Å². The maximum atomic E-state index is 13.3. The number of nitrogens with zero attached hydrogens (tertiary/aromatic N) is 2. The number of allylic oxidation sites excluding steroid dienone is 3. The van der Waals surface area contributed by atoms with Crippen molar-refractivity contribution in [1.82, 2.24) is 5.32 Å². The van der Waals surface area contributed by atoms with Crippen LogP contribution in [0.2, 0.25) is 0 Å². The summed E-state index contributed by atoms with van der Waals surface area (Å²) < 4.78 is 0. The van der Waals surface area contributed by atoms with Crippen LogP contribution in [0.3, 0.4) is 0 Å². The number of thiophene rings is 1. The zero-order valence-corrected chi connectivity index (χ0v) is 21.9. The van der Waals surface area contributed by atoms with Crippen LogP contribution in [0.1, 0.15) is 39.2 Å². The van der Waals surface area contributed by atoms with E-state index >= 15 is 0 Å². The van der Waals surface area contributed by atoms with Crippen LogP contribution in [0.4, 0.5) is 5.00 Å². The number of hydrogen-bond acceptors (Lipinski definition) is 6. The molecule has 0 amide bonds. The molecular formula is C31H25N3OS2. The zero-order valence-electron chi connectivity index (χ0n) is 20.2. The quantitative estimate of drug-likeness (QED) is 0.415. The highest BCUT2D eigenvalue weighted by molar-refractivity contribution is 8.07. The molecule has 7 rings (SSSR count). The summed E-state index contributed by atoms with van der Waals surface area (Å²) in [6.07, 6.45) is 11.3. The predicted molar refractivity (Wildman–Crippen MR) is 153 cm³/mol. The molecule has 4 nitrogen and oxygen atoms in total. The van der Waals surface area contributed by atoms with E-state index in [-0.39, 0.29) is 11.7 Å². The summed E-state index contributed by atoms with van der Waals surface area (Å²) in [5, 5.41) is 16.9. The van der Waals surface area contributed by atoms with E-state index in [9.17, 15) is 4.79 Å². The number of Topliss-reactive ketones (excluding diaryl/α,β-unsaturated/α-hetero) is 1. The van der Waals surface area contributed by atoms with Gasteiger partial charge in [0.15, 0.2) is 5.78 Å². The van der Waals surface area contributed by atoms with Gasteiger partial charge in [0.25, 0.3) is 0 Å². The smallest absolute Gasteiger partial charge is 0.177 e. The minimum atomic E-state index is 0.170. The van der Waals surface area contributed by atoms with Crippen LogP contribution < -0.4 is 15.8 Å². The van der Waals surface area contributed by atoms with Gasteiger partial charge in [0.2, 0.25) is 0 Å². The number of thioether (sulfide) groups is 1. The van der Waals surface area contributed by atoms with Crippen molar-refractivity contribution < 1.29 is 4.79 Å². The van der Waals surface area contributed by atoms with Gasteiger partial charge in [-0.15, -0.1) is 21.6 Å². The second-order valence-electron chi connectivity index (χ2n) is 9.68. The number of piperidine rings is 1. The van der Waals surface area contributed by atoms with Gasteiger partial charge in [-0.3, -0.25) is 4.79 Å². The van der Waals surface area contributed by atoms with Gasteiger partial charge in [0, 0.05) is 22.8 Å². The number of azo groups is 1. The first-order valence-electron chi connectivity index (χ1n) is 12.7. The van der Waals surface area contributed by atoms with Crippen molar-refractivity contribution in [3.8, 4) is 0 Å². The number of fused-ring (bicyclic) bond motifs is 4. The Hall–Kier alpha value is -3.32. The summed E-state index contributed by atoms with van der Waals surface area (Å²) in [6.45, 7) is 1.95. The van der Waals surface area contributed by atoms with Gasteiger partial charge in [-0.25, -0.2) is 0 Å². The van der Waals surface area contributed by atoms with Gasteiger partial charge >= 0.3 is 0 Å². The van der Waals surface area contributed by atoms with Crippen molar-refractivity contribution in [2.24, 2.45) is 16.1 Å². The van der Waals surface area contributed by atoms with E-state index in [2.05, 4.69) is 88.4 Å². The fourth-order valence-corrected chi connectivity index (χ4v) is 7.43. The first-order chi connectivity index (χ1) is 18.2. The summed E-state index contributed by atoms with van der Waals surface area (Å²) in [6, 6.07) is 18.9. The Morgan fingerprint density at radius 2 is 1.68 bits per heavy atom. The van der Waals surface area contributed by atoms with Crippen molar-refractivity contribution in [1.29, 1.82) is 0 Å². The van der Waals surface area contributed by atoms with Crippen LogP contribution in [-0.2, 0) is 6.42 Å². The molecule has 1 saturated heterocycles. The molecule has 0 spiro atoms. The Morgan fingerprint density at radius 1 is 0.865 bits per heavy atom. The number of nitrogens with one attached hydrogen (secondary N) is 1. The Bertz CT molecular complexity index is 1680. The maximum absolute atomic E-state index is 13.3. The fraction of sp³-hybridized carbons (Fsp3) is 0.194. The van der Waals surface area contributed by atoms with Gasteiger partial charge in [0.1, 0.15) is 10.0 Å². The molecule has 1 fully saturated rings. The molecule has 4 aliphatic rings. The SMILES string of the molecule is O=C1Cc2ccccc2C(=C2CCNCC2)c2cc(N=NC3=CC4C=c5ccccc5=CC=C4S3)sc21. The van der Waals surface area contributed by atoms with Crippen LogP contribution in [-0.4, -0.2) is 18.9 Å². The number of rotatable bonds is 2. The van der Waals surface area contributed by atoms with Crippen molar-refractivity contribution in [3.05, 3.63) is 114 Å². The van der Waals surface area contributed by atoms with Gasteiger partial charge < -0.3 is 5.32 Å². The highest BCUT2D eigenvalue weighted by Crippen LogP contribution is 2.45. The molecule has 0 radical (unpaired) electrons.